The number of thioether (sulfide) groups is 1. The Balaban J connectivity index is 1.01. The highest BCUT2D eigenvalue weighted by atomic mass is 32.2. The van der Waals surface area contributed by atoms with Crippen LogP contribution in [0.25, 0.3) is 10.1 Å². The molecule has 4 saturated heterocycles. The zero-order chi connectivity index (χ0) is 44.0. The van der Waals surface area contributed by atoms with E-state index in [2.05, 4.69) is 15.3 Å². The third-order valence-corrected chi connectivity index (χ3v) is 15.2. The normalized spacial score (nSPS) is 22.1. The first-order chi connectivity index (χ1) is 29.7. The number of fused-ring (bicyclic) bond motifs is 2. The SMILES string of the molecule is CC(C)CC(=O)SCCOP(=O)(OCOC(=O)OC1CCOCC1)C(F)(F)c1ccc2sc(C(=O)NC3CCC[C@H]4CC[C@@H](C(=O)N5CC(c6ncccn6)C5)N4C3=O)cc2c1. The van der Waals surface area contributed by atoms with Crippen molar-refractivity contribution in [3.8, 4) is 0 Å². The fraction of sp³-hybridized carbons (Fsp3) is 0.585. The molecule has 4 aliphatic heterocycles. The Morgan fingerprint density at radius 2 is 1.79 bits per heavy atom. The van der Waals surface area contributed by atoms with Gasteiger partial charge in [-0.1, -0.05) is 31.7 Å². The van der Waals surface area contributed by atoms with Gasteiger partial charge in [0, 0.05) is 66.8 Å². The summed E-state index contributed by atoms with van der Waals surface area (Å²) in [6.07, 6.45) is 5.64. The number of amides is 3. The average Bonchev–Trinajstić information content (AvgIpc) is 3.83. The number of hydrogen-bond acceptors (Lipinski definition) is 15. The van der Waals surface area contributed by atoms with Gasteiger partial charge in [0.1, 0.15) is 24.0 Å². The molecule has 0 spiro atoms. The number of likely N-dealkylation sites (tertiary alicyclic amines) is 1. The van der Waals surface area contributed by atoms with Crippen LogP contribution in [0.2, 0.25) is 0 Å². The minimum atomic E-state index is -5.46. The molecule has 4 aliphatic rings. The zero-order valence-corrected chi connectivity index (χ0v) is 36.9. The lowest BCUT2D eigenvalue weighted by molar-refractivity contribution is -0.148. The molecular weight excluding hydrogens is 872 g/mol. The number of nitrogens with zero attached hydrogens (tertiary/aromatic N) is 4. The van der Waals surface area contributed by atoms with E-state index in [4.69, 9.17) is 23.3 Å². The summed E-state index contributed by atoms with van der Waals surface area (Å²) in [7, 11) is -5.46. The Bertz CT molecular complexity index is 2160. The maximum atomic E-state index is 16.4. The van der Waals surface area contributed by atoms with Gasteiger partial charge in [-0.2, -0.15) is 8.78 Å². The van der Waals surface area contributed by atoms with Crippen molar-refractivity contribution in [3.63, 3.8) is 0 Å². The third kappa shape index (κ3) is 10.6. The van der Waals surface area contributed by atoms with Crippen LogP contribution < -0.4 is 5.32 Å². The van der Waals surface area contributed by atoms with Crippen molar-refractivity contribution < 1.29 is 60.6 Å². The molecule has 3 aromatic rings. The molecule has 2 unspecified atom stereocenters. The molecule has 0 aliphatic carbocycles. The predicted molar refractivity (Wildman–Crippen MR) is 224 cm³/mol. The van der Waals surface area contributed by atoms with Gasteiger partial charge < -0.3 is 33.9 Å². The van der Waals surface area contributed by atoms with Crippen molar-refractivity contribution in [2.75, 3.05) is 45.5 Å². The van der Waals surface area contributed by atoms with E-state index in [0.29, 0.717) is 81.8 Å². The standard InChI is InChI=1S/C41H50F2N5O11PS2/c1-25(2)19-35(49)61-18-17-57-60(54,58-24-56-40(53)59-30-11-15-55-16-12-30)41(42,43)28-7-10-33-26(20-28)21-34(62-33)37(50)46-31-6-3-5-29-8-9-32(48(29)38(31)51)39(52)47-22-27(23-47)36-44-13-4-14-45-36/h4,7,10,13-14,20-21,25,27,29-32H,3,5-6,8-9,11-12,15-19,22-24H2,1-2H3,(H,46,50)/t29-,31?,32-,60?/m0/s1. The molecule has 4 atom stereocenters. The van der Waals surface area contributed by atoms with Crippen LogP contribution in [0.3, 0.4) is 0 Å². The Kier molecular flexibility index (Phi) is 15.0. The highest BCUT2D eigenvalue weighted by molar-refractivity contribution is 8.13. The van der Waals surface area contributed by atoms with Crippen molar-refractivity contribution in [1.82, 2.24) is 25.1 Å². The summed E-state index contributed by atoms with van der Waals surface area (Å²) < 4.78 is 72.7. The molecule has 21 heteroatoms. The highest BCUT2D eigenvalue weighted by Crippen LogP contribution is 2.67. The van der Waals surface area contributed by atoms with Crippen LogP contribution in [-0.4, -0.2) is 118 Å². The second-order valence-electron chi connectivity index (χ2n) is 16.1. The summed E-state index contributed by atoms with van der Waals surface area (Å²) in [4.78, 5) is 78.0. The summed E-state index contributed by atoms with van der Waals surface area (Å²) in [5.41, 5.74) is -5.04. The number of nitrogens with one attached hydrogen (secondary N) is 1. The number of ether oxygens (including phenoxy) is 3. The van der Waals surface area contributed by atoms with Gasteiger partial charge in [-0.15, -0.1) is 11.3 Å². The molecule has 16 nitrogen and oxygen atoms in total. The van der Waals surface area contributed by atoms with Gasteiger partial charge >= 0.3 is 19.4 Å². The van der Waals surface area contributed by atoms with E-state index >= 15 is 8.78 Å². The van der Waals surface area contributed by atoms with Gasteiger partial charge in [-0.3, -0.25) is 28.3 Å². The first-order valence-corrected chi connectivity index (χ1v) is 24.1. The van der Waals surface area contributed by atoms with E-state index in [1.165, 1.54) is 12.1 Å². The Morgan fingerprint density at radius 3 is 2.53 bits per heavy atom. The third-order valence-electron chi connectivity index (χ3n) is 11.3. The predicted octanol–water partition coefficient (Wildman–Crippen LogP) is 6.83. The van der Waals surface area contributed by atoms with Crippen LogP contribution in [0.5, 0.6) is 0 Å². The molecule has 2 aromatic heterocycles. The molecule has 336 valence electrons. The number of aromatic nitrogens is 2. The Morgan fingerprint density at radius 1 is 1.03 bits per heavy atom. The summed E-state index contributed by atoms with van der Waals surface area (Å²) in [6, 6.07) is 4.92. The Hall–Kier alpha value is -4.07. The van der Waals surface area contributed by atoms with Crippen LogP contribution in [0.4, 0.5) is 13.6 Å². The molecule has 0 radical (unpaired) electrons. The first-order valence-electron chi connectivity index (χ1n) is 20.8. The van der Waals surface area contributed by atoms with Crippen molar-refractivity contribution >= 4 is 69.8 Å². The number of alkyl halides is 2. The van der Waals surface area contributed by atoms with Crippen molar-refractivity contribution in [2.45, 2.75) is 101 Å². The van der Waals surface area contributed by atoms with Crippen LogP contribution in [0.15, 0.2) is 42.7 Å². The molecule has 6 heterocycles. The molecule has 0 saturated carbocycles. The molecule has 1 N–H and O–H groups in total. The van der Waals surface area contributed by atoms with Crippen LogP contribution >= 0.6 is 30.7 Å². The largest absolute Gasteiger partial charge is 0.510 e. The quantitative estimate of drug-likeness (QED) is 0.0680. The van der Waals surface area contributed by atoms with Gasteiger partial charge in [0.25, 0.3) is 5.91 Å². The minimum Gasteiger partial charge on any atom is -0.431 e. The molecule has 0 bridgehead atoms. The van der Waals surface area contributed by atoms with Crippen molar-refractivity contribution in [1.29, 1.82) is 0 Å². The fourth-order valence-electron chi connectivity index (χ4n) is 8.03. The van der Waals surface area contributed by atoms with E-state index in [9.17, 15) is 28.5 Å². The lowest BCUT2D eigenvalue weighted by atomic mass is 9.97. The van der Waals surface area contributed by atoms with E-state index in [-0.39, 0.29) is 57.2 Å². The Labute approximate surface area is 365 Å². The molecule has 4 fully saturated rings. The smallest absolute Gasteiger partial charge is 0.431 e. The van der Waals surface area contributed by atoms with Gasteiger partial charge in [-0.25, -0.2) is 14.8 Å². The number of carbonyl (C=O) groups excluding carboxylic acids is 5. The van der Waals surface area contributed by atoms with E-state index in [0.717, 1.165) is 35.2 Å². The van der Waals surface area contributed by atoms with Gasteiger partial charge in [0.15, 0.2) is 5.12 Å². The van der Waals surface area contributed by atoms with Gasteiger partial charge in [0.05, 0.1) is 30.6 Å². The molecule has 1 aromatic carbocycles. The summed E-state index contributed by atoms with van der Waals surface area (Å²) >= 11 is 1.87. The topological polar surface area (TPSA) is 193 Å². The second-order valence-corrected chi connectivity index (χ2v) is 20.4. The lowest BCUT2D eigenvalue weighted by Crippen LogP contribution is -2.58. The lowest BCUT2D eigenvalue weighted by Gasteiger charge is -2.41. The highest BCUT2D eigenvalue weighted by Gasteiger charge is 2.56. The summed E-state index contributed by atoms with van der Waals surface area (Å²) in [5, 5.41) is 2.88. The van der Waals surface area contributed by atoms with E-state index in [1.54, 1.807) is 28.3 Å². The van der Waals surface area contributed by atoms with Crippen LogP contribution in [-0.2, 0) is 47.9 Å². The number of thiophene rings is 1. The number of halogens is 2. The second kappa shape index (κ2) is 20.2. The van der Waals surface area contributed by atoms with Crippen molar-refractivity contribution in [3.05, 3.63) is 59.0 Å². The molecule has 62 heavy (non-hydrogen) atoms. The molecular formula is C41H50F2N5O11PS2. The van der Waals surface area contributed by atoms with Crippen molar-refractivity contribution in [2.24, 2.45) is 5.92 Å². The number of carbonyl (C=O) groups is 5. The zero-order valence-electron chi connectivity index (χ0n) is 34.4. The fourth-order valence-corrected chi connectivity index (χ4v) is 11.3. The average molecular weight is 922 g/mol. The maximum Gasteiger partial charge on any atom is 0.510 e. The summed E-state index contributed by atoms with van der Waals surface area (Å²) in [5.74, 6) is -0.358. The summed E-state index contributed by atoms with van der Waals surface area (Å²) in [6.45, 7) is 3.67. The van der Waals surface area contributed by atoms with E-state index in [1.807, 2.05) is 13.8 Å². The van der Waals surface area contributed by atoms with E-state index < -0.39 is 62.5 Å². The van der Waals surface area contributed by atoms with Crippen LogP contribution in [0.1, 0.15) is 92.2 Å². The monoisotopic (exact) mass is 921 g/mol. The first kappa shape index (κ1) is 45.9. The van der Waals surface area contributed by atoms with Gasteiger partial charge in [-0.05, 0) is 67.7 Å². The minimum absolute atomic E-state index is 0.0276. The maximum absolute atomic E-state index is 16.4. The molecule has 3 amide bonds. The number of hydrogen-bond donors (Lipinski definition) is 1. The van der Waals surface area contributed by atoms with Crippen LogP contribution in [0, 0.1) is 5.92 Å². The molecule has 7 rings (SSSR count). The number of rotatable bonds is 16. The number of benzene rings is 1. The van der Waals surface area contributed by atoms with Gasteiger partial charge in [0.2, 0.25) is 18.6 Å².